The molecule has 2 aliphatic heterocycles. The van der Waals surface area contributed by atoms with Gasteiger partial charge in [0.05, 0.1) is 66.8 Å². The molecule has 4 aliphatic rings. The summed E-state index contributed by atoms with van der Waals surface area (Å²) >= 11 is 0. The number of carbonyl (C=O) groups excluding carboxylic acids is 4. The molecule has 0 radical (unpaired) electrons. The summed E-state index contributed by atoms with van der Waals surface area (Å²) in [6.45, 7) is 16.7. The maximum Gasteiger partial charge on any atom is 0.410 e. The fourth-order valence-corrected chi connectivity index (χ4v) is 8.30. The van der Waals surface area contributed by atoms with Gasteiger partial charge in [-0.25, -0.2) is 19.6 Å². The van der Waals surface area contributed by atoms with Crippen LogP contribution in [0.15, 0.2) is 53.3 Å². The van der Waals surface area contributed by atoms with Gasteiger partial charge in [-0.05, 0) is 118 Å². The predicted molar refractivity (Wildman–Crippen MR) is 255 cm³/mol. The van der Waals surface area contributed by atoms with Gasteiger partial charge >= 0.3 is 12.2 Å². The predicted octanol–water partition coefficient (Wildman–Crippen LogP) is 6.08. The SMILES string of the molecule is C[C@H](c1nc(OCCCCO)c2ccccc2n1)N(C(=O)[C@H]1CN(C(=O)OC(C)(C)C)CCO1)C1CC1.C[C@H](c1nc2ccccc2c(=O)[nH]1)N(C(=O)[C@H]1CN(C(=O)OC(C)(C)C)CCO1)C1CC1. The zero-order chi connectivity index (χ0) is 49.6. The van der Waals surface area contributed by atoms with E-state index < -0.39 is 47.7 Å². The topological polar surface area (TPSA) is 219 Å². The molecular formula is C50H68N8O11. The highest BCUT2D eigenvalue weighted by atomic mass is 16.6. The van der Waals surface area contributed by atoms with Crippen molar-refractivity contribution in [3.63, 3.8) is 0 Å². The van der Waals surface area contributed by atoms with E-state index in [1.54, 1.807) is 23.1 Å². The van der Waals surface area contributed by atoms with E-state index in [2.05, 4.69) is 9.97 Å². The lowest BCUT2D eigenvalue weighted by atomic mass is 10.1. The van der Waals surface area contributed by atoms with Crippen LogP contribution in [0.5, 0.6) is 5.88 Å². The number of carbonyl (C=O) groups is 4. The molecule has 19 nitrogen and oxygen atoms in total. The number of H-pyrrole nitrogens is 1. The van der Waals surface area contributed by atoms with Crippen LogP contribution in [0.3, 0.4) is 0 Å². The minimum atomic E-state index is -0.786. The van der Waals surface area contributed by atoms with Gasteiger partial charge < -0.3 is 53.4 Å². The van der Waals surface area contributed by atoms with Crippen LogP contribution in [0.1, 0.15) is 118 Å². The van der Waals surface area contributed by atoms with Gasteiger partial charge in [-0.15, -0.1) is 0 Å². The lowest BCUT2D eigenvalue weighted by Crippen LogP contribution is -2.54. The summed E-state index contributed by atoms with van der Waals surface area (Å²) < 4.78 is 28.5. The second-order valence-electron chi connectivity index (χ2n) is 20.0. The molecule has 2 aromatic carbocycles. The van der Waals surface area contributed by atoms with Crippen LogP contribution in [0.25, 0.3) is 21.8 Å². The Balaban J connectivity index is 0.000000206. The first kappa shape index (κ1) is 50.9. The highest BCUT2D eigenvalue weighted by Crippen LogP contribution is 2.37. The van der Waals surface area contributed by atoms with E-state index in [1.165, 1.54) is 9.80 Å². The number of ether oxygens (including phenoxy) is 5. The summed E-state index contributed by atoms with van der Waals surface area (Å²) in [4.78, 5) is 88.4. The van der Waals surface area contributed by atoms with Crippen molar-refractivity contribution in [2.45, 2.75) is 141 Å². The molecule has 4 heterocycles. The van der Waals surface area contributed by atoms with Gasteiger partial charge in [-0.2, -0.15) is 4.98 Å². The summed E-state index contributed by atoms with van der Waals surface area (Å²) in [5.74, 6) is 1.03. The number of aromatic amines is 1. The average molecular weight is 957 g/mol. The fourth-order valence-electron chi connectivity index (χ4n) is 8.30. The number of nitrogens with zero attached hydrogens (tertiary/aromatic N) is 7. The number of morpholine rings is 2. The molecule has 4 aromatic rings. The molecule has 0 spiro atoms. The largest absolute Gasteiger partial charge is 0.477 e. The van der Waals surface area contributed by atoms with Crippen molar-refractivity contribution in [3.05, 3.63) is 70.5 Å². The maximum absolute atomic E-state index is 13.8. The van der Waals surface area contributed by atoms with E-state index in [9.17, 15) is 24.0 Å². The Labute approximate surface area is 402 Å². The highest BCUT2D eigenvalue weighted by molar-refractivity contribution is 5.85. The Morgan fingerprint density at radius 2 is 1.22 bits per heavy atom. The molecule has 0 bridgehead atoms. The van der Waals surface area contributed by atoms with Crippen molar-refractivity contribution in [2.75, 3.05) is 52.6 Å². The highest BCUT2D eigenvalue weighted by Gasteiger charge is 2.44. The summed E-state index contributed by atoms with van der Waals surface area (Å²) in [7, 11) is 0. The van der Waals surface area contributed by atoms with E-state index in [1.807, 2.05) is 90.6 Å². The zero-order valence-electron chi connectivity index (χ0n) is 41.1. The minimum absolute atomic E-state index is 0.0646. The Kier molecular flexibility index (Phi) is 16.1. The van der Waals surface area contributed by atoms with E-state index in [0.29, 0.717) is 61.0 Å². The second kappa shape index (κ2) is 21.8. The van der Waals surface area contributed by atoms with Crippen LogP contribution in [0, 0.1) is 0 Å². The normalized spacial score (nSPS) is 19.5. The van der Waals surface area contributed by atoms with Gasteiger partial charge in [0, 0.05) is 31.8 Å². The van der Waals surface area contributed by atoms with Crippen LogP contribution in [0.4, 0.5) is 9.59 Å². The Bertz CT molecular complexity index is 2520. The number of para-hydroxylation sites is 2. The lowest BCUT2D eigenvalue weighted by molar-refractivity contribution is -0.152. The van der Waals surface area contributed by atoms with Crippen LogP contribution < -0.4 is 10.3 Å². The Morgan fingerprint density at radius 1 is 0.725 bits per heavy atom. The standard InChI is InChI=1S/C27H38N4O6.C23H30N4O5/c1-18(23-28-21-10-6-5-9-20(21)24(29-23)36-15-8-7-14-32)31(19-11-12-19)25(33)22-17-30(13-16-35-22)26(34)37-27(2,3)4;1-14(19-24-17-8-6-5-7-16(17)20(28)25-19)27(15-9-10-15)21(29)18-13-26(11-12-31-18)22(30)32-23(2,3)4/h5-6,9-10,18-19,22,32H,7-8,11-17H2,1-4H3;5-8,14-15,18H,9-13H2,1-4H3,(H,24,25,28)/t18-,22-;14-,18-/m11/s1. The van der Waals surface area contributed by atoms with Gasteiger partial charge in [0.1, 0.15) is 17.0 Å². The summed E-state index contributed by atoms with van der Waals surface area (Å²) in [6, 6.07) is 14.0. The van der Waals surface area contributed by atoms with Gasteiger partial charge in [-0.1, -0.05) is 24.3 Å². The van der Waals surface area contributed by atoms with Gasteiger partial charge in [0.2, 0.25) is 5.88 Å². The Hall–Kier alpha value is -5.92. The molecule has 2 saturated heterocycles. The summed E-state index contributed by atoms with van der Waals surface area (Å²) in [5, 5.41) is 10.4. The molecule has 4 amide bonds. The van der Waals surface area contributed by atoms with Gasteiger partial charge in [-0.3, -0.25) is 14.4 Å². The third kappa shape index (κ3) is 13.2. The van der Waals surface area contributed by atoms with Crippen LogP contribution in [-0.2, 0) is 28.5 Å². The first-order chi connectivity index (χ1) is 32.8. The molecule has 4 fully saturated rings. The van der Waals surface area contributed by atoms with Crippen molar-refractivity contribution in [3.8, 4) is 5.88 Å². The number of hydrogen-bond donors (Lipinski definition) is 2. The van der Waals surface area contributed by atoms with E-state index in [0.717, 1.165) is 36.6 Å². The van der Waals surface area contributed by atoms with Crippen molar-refractivity contribution >= 4 is 45.8 Å². The number of amides is 4. The van der Waals surface area contributed by atoms with Crippen molar-refractivity contribution in [1.29, 1.82) is 0 Å². The third-order valence-corrected chi connectivity index (χ3v) is 12.0. The molecule has 2 N–H and O–H groups in total. The molecule has 2 aliphatic carbocycles. The van der Waals surface area contributed by atoms with E-state index in [4.69, 9.17) is 38.8 Å². The van der Waals surface area contributed by atoms with Gasteiger partial charge in [0.25, 0.3) is 17.4 Å². The fraction of sp³-hybridized carbons (Fsp3) is 0.600. The van der Waals surface area contributed by atoms with Crippen molar-refractivity contribution in [1.82, 2.24) is 39.5 Å². The van der Waals surface area contributed by atoms with E-state index in [-0.39, 0.29) is 62.4 Å². The molecule has 4 atom stereocenters. The zero-order valence-corrected chi connectivity index (χ0v) is 41.1. The third-order valence-electron chi connectivity index (χ3n) is 12.0. The molecule has 374 valence electrons. The van der Waals surface area contributed by atoms with Crippen LogP contribution in [0.2, 0.25) is 0 Å². The molecule has 2 aromatic heterocycles. The first-order valence-corrected chi connectivity index (χ1v) is 24.1. The number of aliphatic hydroxyl groups is 1. The number of nitrogens with one attached hydrogen (secondary N) is 1. The van der Waals surface area contributed by atoms with Crippen molar-refractivity contribution < 1.29 is 48.0 Å². The maximum atomic E-state index is 13.8. The quantitative estimate of drug-likeness (QED) is 0.145. The average Bonchev–Trinajstić information content (AvgIpc) is 4.27. The number of benzene rings is 2. The number of unbranched alkanes of at least 4 members (excludes halogenated alkanes) is 1. The van der Waals surface area contributed by atoms with Gasteiger partial charge in [0.15, 0.2) is 18.0 Å². The molecule has 0 unspecified atom stereocenters. The lowest BCUT2D eigenvalue weighted by Gasteiger charge is -2.37. The number of aromatic nitrogens is 4. The van der Waals surface area contributed by atoms with Crippen molar-refractivity contribution in [2.24, 2.45) is 0 Å². The second-order valence-corrected chi connectivity index (χ2v) is 20.0. The first-order valence-electron chi connectivity index (χ1n) is 24.1. The molecule has 19 heteroatoms. The number of hydrogen-bond acceptors (Lipinski definition) is 14. The minimum Gasteiger partial charge on any atom is -0.477 e. The number of rotatable bonds is 13. The molecule has 69 heavy (non-hydrogen) atoms. The summed E-state index contributed by atoms with van der Waals surface area (Å²) in [6.07, 6.45) is 2.47. The van der Waals surface area contributed by atoms with E-state index >= 15 is 0 Å². The monoisotopic (exact) mass is 957 g/mol. The molecule has 2 saturated carbocycles. The number of aliphatic hydroxyl groups excluding tert-OH is 1. The number of fused-ring (bicyclic) bond motifs is 2. The molecular weight excluding hydrogens is 889 g/mol. The Morgan fingerprint density at radius 3 is 1.72 bits per heavy atom. The smallest absolute Gasteiger partial charge is 0.410 e. The summed E-state index contributed by atoms with van der Waals surface area (Å²) in [5.41, 5.74) is -0.132. The van der Waals surface area contributed by atoms with Crippen LogP contribution in [-0.4, -0.2) is 157 Å². The molecule has 8 rings (SSSR count). The van der Waals surface area contributed by atoms with Crippen LogP contribution >= 0.6 is 0 Å².